The van der Waals surface area contributed by atoms with Gasteiger partial charge in [0.1, 0.15) is 21.4 Å². The van der Waals surface area contributed by atoms with Crippen LogP contribution in [0.2, 0.25) is 0 Å². The summed E-state index contributed by atoms with van der Waals surface area (Å²) in [5.74, 6) is -5.38. The molecule has 11 nitrogen and oxygen atoms in total. The summed E-state index contributed by atoms with van der Waals surface area (Å²) in [6.07, 6.45) is 0. The number of thiazole rings is 1. The molecule has 1 N–H and O–H groups in total. The van der Waals surface area contributed by atoms with E-state index < -0.39 is 45.1 Å². The first-order valence-corrected chi connectivity index (χ1v) is 14.5. The van der Waals surface area contributed by atoms with Gasteiger partial charge in [0.2, 0.25) is 5.91 Å². The van der Waals surface area contributed by atoms with E-state index in [9.17, 15) is 27.6 Å². The zero-order valence-electron chi connectivity index (χ0n) is 20.5. The van der Waals surface area contributed by atoms with E-state index in [1.807, 2.05) is 24.3 Å². The van der Waals surface area contributed by atoms with Crippen molar-refractivity contribution in [1.82, 2.24) is 4.57 Å². The molecule has 0 bridgehead atoms. The molecule has 0 unspecified atom stereocenters. The average Bonchev–Trinajstić information content (AvgIpc) is 3.29. The molecule has 3 rings (SSSR count). The van der Waals surface area contributed by atoms with E-state index in [0.29, 0.717) is 4.80 Å². The Morgan fingerprint density at radius 2 is 1.65 bits per heavy atom. The number of carbonyl (C=O) groups is 4. The van der Waals surface area contributed by atoms with Crippen LogP contribution in [-0.2, 0) is 35.9 Å². The number of hydrogen-bond acceptors (Lipinski definition) is 10. The van der Waals surface area contributed by atoms with Gasteiger partial charge in [-0.25, -0.2) is 18.0 Å². The van der Waals surface area contributed by atoms with Gasteiger partial charge in [-0.05, 0) is 38.5 Å². The highest BCUT2D eigenvalue weighted by Gasteiger charge is 2.29. The fourth-order valence-electron chi connectivity index (χ4n) is 3.37. The summed E-state index contributed by atoms with van der Waals surface area (Å²) in [7, 11) is -2.49. The van der Waals surface area contributed by atoms with Crippen LogP contribution in [0.1, 0.15) is 39.4 Å². The van der Waals surface area contributed by atoms with E-state index in [1.165, 1.54) is 18.3 Å². The normalized spacial score (nSPS) is 11.9. The Balaban J connectivity index is 1.78. The van der Waals surface area contributed by atoms with E-state index in [-0.39, 0.29) is 34.2 Å². The molecule has 2 aromatic heterocycles. The largest absolute Gasteiger partial charge is 0.462 e. The first-order chi connectivity index (χ1) is 17.5. The highest BCUT2D eigenvalue weighted by atomic mass is 32.2. The van der Waals surface area contributed by atoms with Crippen molar-refractivity contribution in [3.05, 3.63) is 45.1 Å². The number of ether oxygens (including phenoxy) is 2. The molecule has 2 heterocycles. The third kappa shape index (κ3) is 6.70. The first-order valence-electron chi connectivity index (χ1n) is 11.1. The maximum Gasteiger partial charge on any atom is 0.348 e. The van der Waals surface area contributed by atoms with Gasteiger partial charge in [-0.3, -0.25) is 9.59 Å². The summed E-state index contributed by atoms with van der Waals surface area (Å²) < 4.78 is 37.7. The lowest BCUT2D eigenvalue weighted by Gasteiger charge is -2.07. The predicted molar refractivity (Wildman–Crippen MR) is 140 cm³/mol. The third-order valence-electron chi connectivity index (χ3n) is 4.97. The monoisotopic (exact) mass is 567 g/mol. The molecule has 2 amide bonds. The second kappa shape index (κ2) is 11.8. The van der Waals surface area contributed by atoms with Crippen LogP contribution in [0.3, 0.4) is 0 Å². The number of sulfone groups is 1. The molecule has 0 radical (unpaired) electrons. The van der Waals surface area contributed by atoms with Crippen molar-refractivity contribution in [1.29, 1.82) is 0 Å². The van der Waals surface area contributed by atoms with E-state index in [2.05, 4.69) is 10.3 Å². The van der Waals surface area contributed by atoms with Crippen LogP contribution in [0, 0.1) is 6.92 Å². The van der Waals surface area contributed by atoms with Gasteiger partial charge in [-0.2, -0.15) is 4.99 Å². The van der Waals surface area contributed by atoms with Crippen molar-refractivity contribution in [2.75, 3.05) is 30.0 Å². The molecule has 0 aliphatic rings. The summed E-state index contributed by atoms with van der Waals surface area (Å²) in [6, 6.07) is 7.38. The number of hydrogen-bond donors (Lipinski definition) is 1. The fourth-order valence-corrected chi connectivity index (χ4v) is 6.53. The number of amides is 2. The number of carbonyl (C=O) groups excluding carboxylic acids is 4. The molecule has 0 saturated heterocycles. The van der Waals surface area contributed by atoms with Crippen molar-refractivity contribution in [2.24, 2.45) is 12.0 Å². The van der Waals surface area contributed by atoms with Crippen LogP contribution in [0.15, 0.2) is 29.3 Å². The van der Waals surface area contributed by atoms with Gasteiger partial charge in [0.05, 0.1) is 29.0 Å². The number of para-hydroxylation sites is 1. The quantitative estimate of drug-likeness (QED) is 0.388. The molecule has 0 spiro atoms. The van der Waals surface area contributed by atoms with Gasteiger partial charge in [0.15, 0.2) is 14.6 Å². The van der Waals surface area contributed by atoms with E-state index in [0.717, 1.165) is 21.6 Å². The molecule has 0 aliphatic heterocycles. The van der Waals surface area contributed by atoms with Crippen LogP contribution in [0.4, 0.5) is 5.00 Å². The van der Waals surface area contributed by atoms with E-state index in [1.54, 1.807) is 25.5 Å². The number of anilines is 1. The molecule has 37 heavy (non-hydrogen) atoms. The minimum Gasteiger partial charge on any atom is -0.462 e. The van der Waals surface area contributed by atoms with Crippen LogP contribution in [0.25, 0.3) is 10.2 Å². The van der Waals surface area contributed by atoms with Gasteiger partial charge in [-0.15, -0.1) is 11.3 Å². The van der Waals surface area contributed by atoms with Crippen LogP contribution >= 0.6 is 22.7 Å². The predicted octanol–water partition coefficient (Wildman–Crippen LogP) is 2.44. The molecule has 14 heteroatoms. The van der Waals surface area contributed by atoms with Crippen LogP contribution in [-0.4, -0.2) is 61.5 Å². The number of aromatic nitrogens is 1. The molecular weight excluding hydrogens is 542 g/mol. The lowest BCUT2D eigenvalue weighted by molar-refractivity contribution is -0.115. The Bertz CT molecular complexity index is 1550. The Morgan fingerprint density at radius 1 is 1.00 bits per heavy atom. The lowest BCUT2D eigenvalue weighted by Crippen LogP contribution is -2.28. The molecule has 0 saturated carbocycles. The number of esters is 2. The van der Waals surface area contributed by atoms with Crippen molar-refractivity contribution < 1.29 is 37.1 Å². The van der Waals surface area contributed by atoms with Crippen molar-refractivity contribution in [3.63, 3.8) is 0 Å². The van der Waals surface area contributed by atoms with Gasteiger partial charge < -0.3 is 19.4 Å². The molecule has 0 atom stereocenters. The smallest absolute Gasteiger partial charge is 0.348 e. The number of thiophene rings is 1. The first kappa shape index (κ1) is 28.2. The number of benzene rings is 1. The SMILES string of the molecule is CCOC(=O)c1sc(NC(=O)CS(=O)(=O)CC(=O)N=c2sc3ccccc3n2C)c(C(=O)OCC)c1C. The summed E-state index contributed by atoms with van der Waals surface area (Å²) in [5.41, 5.74) is 1.02. The number of fused-ring (bicyclic) bond motifs is 1. The van der Waals surface area contributed by atoms with Crippen molar-refractivity contribution in [2.45, 2.75) is 20.8 Å². The highest BCUT2D eigenvalue weighted by Crippen LogP contribution is 2.34. The number of rotatable bonds is 9. The Morgan fingerprint density at radius 3 is 2.30 bits per heavy atom. The van der Waals surface area contributed by atoms with Crippen molar-refractivity contribution in [3.8, 4) is 0 Å². The second-order valence-electron chi connectivity index (χ2n) is 7.70. The minimum atomic E-state index is -4.20. The summed E-state index contributed by atoms with van der Waals surface area (Å²) >= 11 is 2.01. The van der Waals surface area contributed by atoms with Gasteiger partial charge in [0.25, 0.3) is 5.91 Å². The molecule has 0 fully saturated rings. The summed E-state index contributed by atoms with van der Waals surface area (Å²) in [4.78, 5) is 54.0. The third-order valence-corrected chi connectivity index (χ3v) is 8.66. The Hall–Kier alpha value is -3.36. The zero-order valence-corrected chi connectivity index (χ0v) is 23.0. The number of nitrogens with one attached hydrogen (secondary N) is 1. The maximum atomic E-state index is 12.6. The lowest BCUT2D eigenvalue weighted by atomic mass is 10.1. The standard InChI is InChI=1S/C23H25N3O8S3/c1-5-33-21(29)18-13(3)19(22(30)34-6-2)36-20(18)24-16(27)11-37(31,32)12-17(28)25-23-26(4)14-9-7-8-10-15(14)35-23/h7-10H,5-6,11-12H2,1-4H3,(H,24,27). The Kier molecular flexibility index (Phi) is 8.99. The zero-order chi connectivity index (χ0) is 27.3. The second-order valence-corrected chi connectivity index (χ2v) is 11.8. The molecule has 3 aromatic rings. The van der Waals surface area contributed by atoms with Gasteiger partial charge in [0, 0.05) is 7.05 Å². The molecule has 1 aromatic carbocycles. The summed E-state index contributed by atoms with van der Waals surface area (Å²) in [5, 5.41) is 2.31. The molecule has 0 aliphatic carbocycles. The topological polar surface area (TPSA) is 150 Å². The van der Waals surface area contributed by atoms with Crippen LogP contribution in [0.5, 0.6) is 0 Å². The van der Waals surface area contributed by atoms with Crippen molar-refractivity contribution >= 4 is 71.5 Å². The average molecular weight is 568 g/mol. The maximum absolute atomic E-state index is 12.6. The van der Waals surface area contributed by atoms with Crippen LogP contribution < -0.4 is 10.1 Å². The van der Waals surface area contributed by atoms with E-state index in [4.69, 9.17) is 9.47 Å². The molecule has 198 valence electrons. The van der Waals surface area contributed by atoms with Gasteiger partial charge in [-0.1, -0.05) is 23.5 Å². The number of aryl methyl sites for hydroxylation is 1. The Labute approximate surface area is 220 Å². The van der Waals surface area contributed by atoms with E-state index >= 15 is 0 Å². The van der Waals surface area contributed by atoms with Gasteiger partial charge >= 0.3 is 11.9 Å². The highest BCUT2D eigenvalue weighted by molar-refractivity contribution is 7.92. The summed E-state index contributed by atoms with van der Waals surface area (Å²) in [6.45, 7) is 4.86. The fraction of sp³-hybridized carbons (Fsp3) is 0.348. The number of nitrogens with zero attached hydrogens (tertiary/aromatic N) is 2. The minimum absolute atomic E-state index is 0.0486. The molecular formula is C23H25N3O8S3.